The molecule has 0 aliphatic carbocycles. The predicted molar refractivity (Wildman–Crippen MR) is 94.7 cm³/mol. The minimum atomic E-state index is -0.389. The predicted octanol–water partition coefficient (Wildman–Crippen LogP) is 1.65. The largest absolute Gasteiger partial charge is 0.326 e. The van der Waals surface area contributed by atoms with Crippen LogP contribution in [-0.4, -0.2) is 38.6 Å². The summed E-state index contributed by atoms with van der Waals surface area (Å²) in [6.45, 7) is 0.376. The number of tetrazole rings is 1. The van der Waals surface area contributed by atoms with E-state index in [4.69, 9.17) is 0 Å². The molecule has 8 heteroatoms. The molecule has 1 fully saturated rings. The first-order valence-corrected chi connectivity index (χ1v) is 8.20. The van der Waals surface area contributed by atoms with E-state index < -0.39 is 0 Å². The van der Waals surface area contributed by atoms with Crippen molar-refractivity contribution in [3.05, 3.63) is 60.9 Å². The van der Waals surface area contributed by atoms with Gasteiger partial charge in [-0.3, -0.25) is 9.59 Å². The van der Waals surface area contributed by atoms with Crippen molar-refractivity contribution in [3.8, 4) is 5.69 Å². The van der Waals surface area contributed by atoms with Gasteiger partial charge in [0.2, 0.25) is 11.8 Å². The molecule has 3 aromatic rings. The van der Waals surface area contributed by atoms with Crippen molar-refractivity contribution in [3.63, 3.8) is 0 Å². The fraction of sp³-hybridized carbons (Fsp3) is 0.167. The number of rotatable bonds is 4. The normalized spacial score (nSPS) is 16.7. The fourth-order valence-electron chi connectivity index (χ4n) is 2.99. The Bertz CT molecular complexity index is 926. The highest BCUT2D eigenvalue weighted by Gasteiger charge is 2.35. The lowest BCUT2D eigenvalue weighted by Gasteiger charge is -2.16. The average molecular weight is 348 g/mol. The molecule has 1 aromatic heterocycles. The summed E-state index contributed by atoms with van der Waals surface area (Å²) in [7, 11) is 0. The maximum atomic E-state index is 12.6. The van der Waals surface area contributed by atoms with Crippen molar-refractivity contribution in [2.24, 2.45) is 5.92 Å². The van der Waals surface area contributed by atoms with Crippen LogP contribution in [0.1, 0.15) is 6.42 Å². The molecule has 8 nitrogen and oxygen atoms in total. The number of nitrogens with zero attached hydrogens (tertiary/aromatic N) is 5. The minimum absolute atomic E-state index is 0.0428. The van der Waals surface area contributed by atoms with Gasteiger partial charge in [0.25, 0.3) is 0 Å². The zero-order valence-electron chi connectivity index (χ0n) is 13.8. The highest BCUT2D eigenvalue weighted by molar-refractivity contribution is 6.03. The Hall–Kier alpha value is -3.55. The first-order chi connectivity index (χ1) is 12.7. The standard InChI is InChI=1S/C18H16N6O2/c25-17-9-13(11-23(17)15-6-2-1-3-7-15)18(26)20-14-5-4-8-16(10-14)24-12-19-21-22-24/h1-8,10,12-13H,9,11H2,(H,20,26). The zero-order valence-corrected chi connectivity index (χ0v) is 13.8. The van der Waals surface area contributed by atoms with E-state index >= 15 is 0 Å². The Morgan fingerprint density at radius 3 is 2.65 bits per heavy atom. The van der Waals surface area contributed by atoms with Crippen LogP contribution in [-0.2, 0) is 9.59 Å². The van der Waals surface area contributed by atoms with Gasteiger partial charge < -0.3 is 10.2 Å². The summed E-state index contributed by atoms with van der Waals surface area (Å²) in [5.41, 5.74) is 2.18. The molecule has 1 saturated heterocycles. The Balaban J connectivity index is 1.46. The quantitative estimate of drug-likeness (QED) is 0.774. The summed E-state index contributed by atoms with van der Waals surface area (Å²) in [6, 6.07) is 16.6. The minimum Gasteiger partial charge on any atom is -0.326 e. The first-order valence-electron chi connectivity index (χ1n) is 8.20. The van der Waals surface area contributed by atoms with Crippen LogP contribution in [0.25, 0.3) is 5.69 Å². The van der Waals surface area contributed by atoms with Crippen LogP contribution >= 0.6 is 0 Å². The van der Waals surface area contributed by atoms with Gasteiger partial charge in [0, 0.05) is 24.3 Å². The topological polar surface area (TPSA) is 93.0 Å². The second-order valence-corrected chi connectivity index (χ2v) is 6.03. The third-order valence-corrected chi connectivity index (χ3v) is 4.29. The third kappa shape index (κ3) is 3.16. The molecular weight excluding hydrogens is 332 g/mol. The lowest BCUT2D eigenvalue weighted by atomic mass is 10.1. The fourth-order valence-corrected chi connectivity index (χ4v) is 2.99. The van der Waals surface area contributed by atoms with Crippen LogP contribution in [0.3, 0.4) is 0 Å². The SMILES string of the molecule is O=C(Nc1cccc(-n2cnnn2)c1)C1CC(=O)N(c2ccccc2)C1. The van der Waals surface area contributed by atoms with E-state index in [1.807, 2.05) is 42.5 Å². The van der Waals surface area contributed by atoms with Crippen LogP contribution in [0.15, 0.2) is 60.9 Å². The molecule has 1 aliphatic rings. The Kier molecular flexibility index (Phi) is 4.14. The van der Waals surface area contributed by atoms with Crippen molar-refractivity contribution in [2.75, 3.05) is 16.8 Å². The molecule has 130 valence electrons. The van der Waals surface area contributed by atoms with Gasteiger partial charge in [-0.15, -0.1) is 5.10 Å². The summed E-state index contributed by atoms with van der Waals surface area (Å²) in [5, 5.41) is 13.9. The summed E-state index contributed by atoms with van der Waals surface area (Å²) in [5.74, 6) is -0.608. The molecule has 2 amide bonds. The number of carbonyl (C=O) groups excluding carboxylic acids is 2. The number of aromatic nitrogens is 4. The molecule has 0 radical (unpaired) electrons. The van der Waals surface area contributed by atoms with Gasteiger partial charge >= 0.3 is 0 Å². The van der Waals surface area contributed by atoms with Gasteiger partial charge in [-0.25, -0.2) is 4.68 Å². The van der Waals surface area contributed by atoms with E-state index in [0.29, 0.717) is 12.2 Å². The summed E-state index contributed by atoms with van der Waals surface area (Å²) in [4.78, 5) is 26.5. The van der Waals surface area contributed by atoms with Gasteiger partial charge in [-0.2, -0.15) is 0 Å². The molecule has 2 aromatic carbocycles. The van der Waals surface area contributed by atoms with Crippen molar-refractivity contribution in [1.82, 2.24) is 20.2 Å². The second kappa shape index (κ2) is 6.75. The maximum absolute atomic E-state index is 12.6. The van der Waals surface area contributed by atoms with E-state index in [0.717, 1.165) is 11.4 Å². The monoisotopic (exact) mass is 348 g/mol. The van der Waals surface area contributed by atoms with E-state index in [1.165, 1.54) is 11.0 Å². The van der Waals surface area contributed by atoms with Crippen molar-refractivity contribution >= 4 is 23.2 Å². The van der Waals surface area contributed by atoms with Crippen LogP contribution in [0, 0.1) is 5.92 Å². The lowest BCUT2D eigenvalue weighted by Crippen LogP contribution is -2.28. The van der Waals surface area contributed by atoms with Crippen LogP contribution < -0.4 is 10.2 Å². The number of hydrogen-bond acceptors (Lipinski definition) is 5. The highest BCUT2D eigenvalue weighted by atomic mass is 16.2. The number of anilines is 2. The van der Waals surface area contributed by atoms with Gasteiger partial charge in [0.1, 0.15) is 6.33 Å². The zero-order chi connectivity index (χ0) is 17.9. The van der Waals surface area contributed by atoms with Gasteiger partial charge in [0.05, 0.1) is 11.6 Å². The van der Waals surface area contributed by atoms with Crippen LogP contribution in [0.4, 0.5) is 11.4 Å². The van der Waals surface area contributed by atoms with Gasteiger partial charge in [0.15, 0.2) is 0 Å². The molecule has 0 spiro atoms. The molecule has 2 heterocycles. The van der Waals surface area contributed by atoms with Crippen LogP contribution in [0.5, 0.6) is 0 Å². The highest BCUT2D eigenvalue weighted by Crippen LogP contribution is 2.26. The van der Waals surface area contributed by atoms with Crippen LogP contribution in [0.2, 0.25) is 0 Å². The summed E-state index contributed by atoms with van der Waals surface area (Å²) < 4.78 is 1.51. The lowest BCUT2D eigenvalue weighted by molar-refractivity contribution is -0.122. The number of amides is 2. The van der Waals surface area contributed by atoms with Gasteiger partial charge in [-0.05, 0) is 40.8 Å². The molecular formula is C18H16N6O2. The van der Waals surface area contributed by atoms with E-state index in [1.54, 1.807) is 17.0 Å². The Labute approximate surface area is 149 Å². The first kappa shape index (κ1) is 15.9. The van der Waals surface area contributed by atoms with Crippen molar-refractivity contribution < 1.29 is 9.59 Å². The van der Waals surface area contributed by atoms with Crippen molar-refractivity contribution in [2.45, 2.75) is 6.42 Å². The van der Waals surface area contributed by atoms with Crippen molar-refractivity contribution in [1.29, 1.82) is 0 Å². The smallest absolute Gasteiger partial charge is 0.229 e. The number of carbonyl (C=O) groups is 2. The summed E-state index contributed by atoms with van der Waals surface area (Å²) in [6.07, 6.45) is 1.68. The average Bonchev–Trinajstić information content (AvgIpc) is 3.32. The van der Waals surface area contributed by atoms with E-state index in [2.05, 4.69) is 20.8 Å². The molecule has 1 aliphatic heterocycles. The van der Waals surface area contributed by atoms with Gasteiger partial charge in [-0.1, -0.05) is 24.3 Å². The molecule has 26 heavy (non-hydrogen) atoms. The Morgan fingerprint density at radius 2 is 1.88 bits per heavy atom. The number of benzene rings is 2. The maximum Gasteiger partial charge on any atom is 0.229 e. The molecule has 1 unspecified atom stereocenters. The van der Waals surface area contributed by atoms with E-state index in [9.17, 15) is 9.59 Å². The number of hydrogen-bond donors (Lipinski definition) is 1. The Morgan fingerprint density at radius 1 is 1.08 bits per heavy atom. The molecule has 1 N–H and O–H groups in total. The molecule has 4 rings (SSSR count). The molecule has 0 bridgehead atoms. The molecule has 0 saturated carbocycles. The number of para-hydroxylation sites is 1. The van der Waals surface area contributed by atoms with E-state index in [-0.39, 0.29) is 24.2 Å². The second-order valence-electron chi connectivity index (χ2n) is 6.03. The summed E-state index contributed by atoms with van der Waals surface area (Å²) >= 11 is 0. The number of nitrogens with one attached hydrogen (secondary N) is 1. The third-order valence-electron chi connectivity index (χ3n) is 4.29. The molecule has 1 atom stereocenters.